The number of piperidine rings is 1. The van der Waals surface area contributed by atoms with E-state index in [0.717, 1.165) is 82.5 Å². The number of alkyl halides is 1. The van der Waals surface area contributed by atoms with Gasteiger partial charge in [-0.2, -0.15) is 5.10 Å². The number of sulfone groups is 1. The number of amides is 1. The normalized spacial score (nSPS) is 24.6. The smallest absolute Gasteiger partial charge is 0.404 e. The van der Waals surface area contributed by atoms with Crippen LogP contribution in [0.5, 0.6) is 0 Å². The fourth-order valence-electron chi connectivity index (χ4n) is 9.02. The van der Waals surface area contributed by atoms with Crippen molar-refractivity contribution in [1.82, 2.24) is 19.6 Å². The van der Waals surface area contributed by atoms with Crippen molar-refractivity contribution < 1.29 is 26.7 Å². The van der Waals surface area contributed by atoms with E-state index in [1.54, 1.807) is 43.4 Å². The van der Waals surface area contributed by atoms with Gasteiger partial charge in [-0.15, -0.1) is 0 Å². The van der Waals surface area contributed by atoms with Gasteiger partial charge in [0.25, 0.3) is 0 Å². The minimum atomic E-state index is -3.68. The molecule has 1 unspecified atom stereocenters. The number of hydrogen-bond donors (Lipinski definition) is 1. The van der Waals surface area contributed by atoms with Crippen LogP contribution in [-0.2, 0) is 27.0 Å². The van der Waals surface area contributed by atoms with Gasteiger partial charge in [0.1, 0.15) is 16.8 Å². The van der Waals surface area contributed by atoms with Gasteiger partial charge in [-0.05, 0) is 113 Å². The molecular formula is C36H46F2N6O4S. The predicted octanol–water partition coefficient (Wildman–Crippen LogP) is 4.54. The van der Waals surface area contributed by atoms with Crippen molar-refractivity contribution >= 4 is 21.6 Å². The maximum absolute atomic E-state index is 16.1. The Morgan fingerprint density at radius 1 is 1.00 bits per heavy atom. The zero-order chi connectivity index (χ0) is 34.4. The molecule has 1 amide bonds. The van der Waals surface area contributed by atoms with Gasteiger partial charge in [0.05, 0.1) is 24.2 Å². The van der Waals surface area contributed by atoms with Gasteiger partial charge < -0.3 is 20.3 Å². The van der Waals surface area contributed by atoms with Crippen molar-refractivity contribution in [1.29, 1.82) is 0 Å². The van der Waals surface area contributed by atoms with E-state index in [2.05, 4.69) is 14.9 Å². The molecular weight excluding hydrogens is 650 g/mol. The Kier molecular flexibility index (Phi) is 9.20. The highest BCUT2D eigenvalue weighted by Crippen LogP contribution is 2.52. The highest BCUT2D eigenvalue weighted by atomic mass is 32.2. The van der Waals surface area contributed by atoms with Crippen LogP contribution in [0, 0.1) is 17.7 Å². The molecule has 0 bridgehead atoms. The fourth-order valence-corrected chi connectivity index (χ4v) is 10.3. The fraction of sp³-hybridized carbons (Fsp3) is 0.556. The Morgan fingerprint density at radius 3 is 2.35 bits per heavy atom. The number of primary amides is 1. The minimum absolute atomic E-state index is 0.0115. The molecule has 2 N–H and O–H groups in total. The molecule has 49 heavy (non-hydrogen) atoms. The van der Waals surface area contributed by atoms with Gasteiger partial charge in [-0.3, -0.25) is 9.58 Å². The predicted molar refractivity (Wildman–Crippen MR) is 181 cm³/mol. The van der Waals surface area contributed by atoms with Crippen LogP contribution in [0.3, 0.4) is 0 Å². The number of halogens is 2. The van der Waals surface area contributed by atoms with E-state index in [1.165, 1.54) is 23.1 Å². The van der Waals surface area contributed by atoms with Crippen molar-refractivity contribution in [3.8, 4) is 0 Å². The lowest BCUT2D eigenvalue weighted by atomic mass is 9.58. The Balaban J connectivity index is 1.03. The van der Waals surface area contributed by atoms with Crippen LogP contribution in [-0.4, -0.2) is 98.2 Å². The summed E-state index contributed by atoms with van der Waals surface area (Å²) in [4.78, 5) is 18.9. The Hall–Kier alpha value is -3.55. The summed E-state index contributed by atoms with van der Waals surface area (Å²) in [6.45, 7) is 5.00. The molecule has 1 aromatic heterocycles. The summed E-state index contributed by atoms with van der Waals surface area (Å²) in [5, 5.41) is 3.97. The number of likely N-dealkylation sites (tertiary alicyclic amines) is 2. The molecule has 7 rings (SSSR count). The van der Waals surface area contributed by atoms with E-state index in [-0.39, 0.29) is 46.6 Å². The summed E-state index contributed by atoms with van der Waals surface area (Å²) >= 11 is 0. The van der Waals surface area contributed by atoms with Crippen molar-refractivity contribution in [2.24, 2.45) is 24.6 Å². The van der Waals surface area contributed by atoms with Crippen molar-refractivity contribution in [2.45, 2.75) is 65.5 Å². The number of carbonyl (C=O) groups is 1. The first-order chi connectivity index (χ1) is 23.4. The second-order valence-corrected chi connectivity index (χ2v) is 16.5. The van der Waals surface area contributed by atoms with Crippen LogP contribution in [0.1, 0.15) is 44.1 Å². The number of benzene rings is 2. The molecule has 2 aromatic carbocycles. The van der Waals surface area contributed by atoms with Gasteiger partial charge in [-0.25, -0.2) is 22.0 Å². The minimum Gasteiger partial charge on any atom is -0.446 e. The molecule has 3 aliphatic heterocycles. The number of anilines is 1. The van der Waals surface area contributed by atoms with Crippen LogP contribution in [0.2, 0.25) is 0 Å². The molecule has 1 saturated carbocycles. The maximum Gasteiger partial charge on any atom is 0.404 e. The summed E-state index contributed by atoms with van der Waals surface area (Å²) in [6, 6.07) is 13.6. The first-order valence-electron chi connectivity index (χ1n) is 17.4. The molecule has 0 radical (unpaired) electrons. The zero-order valence-electron chi connectivity index (χ0n) is 28.0. The standard InChI is InChI=1S/C36H46F2N6O4S/c1-41-21-31(20-40-41)49(46,47)30-11-9-29(10-12-30)44-23-35(38,24-44)22-43-17-13-26(14-18-43)36(25-42-15-4-16-42,27-5-2-6-28(37)19-27)32-7-3-8-33(32)48-34(39)45/h2,5-6,9-12,19-21,26,32-33H,3-4,7-8,13-18,22-25H2,1H3,(H2,39,45)/t32-,33-,36?/m0/s1. The average molecular weight is 697 g/mol. The Morgan fingerprint density at radius 2 is 1.73 bits per heavy atom. The first kappa shape index (κ1) is 33.9. The topological polar surface area (TPSA) is 114 Å². The Bertz CT molecular complexity index is 1750. The van der Waals surface area contributed by atoms with Gasteiger partial charge in [0.2, 0.25) is 9.84 Å². The highest BCUT2D eigenvalue weighted by Gasteiger charge is 2.54. The third kappa shape index (κ3) is 6.69. The van der Waals surface area contributed by atoms with Crippen molar-refractivity contribution in [3.05, 3.63) is 72.3 Å². The van der Waals surface area contributed by atoms with E-state index in [4.69, 9.17) is 10.5 Å². The molecule has 0 spiro atoms. The molecule has 4 aliphatic rings. The third-order valence-corrected chi connectivity index (χ3v) is 13.2. The summed E-state index contributed by atoms with van der Waals surface area (Å²) in [7, 11) is -2.01. The molecule has 10 nitrogen and oxygen atoms in total. The molecule has 1 aliphatic carbocycles. The van der Waals surface area contributed by atoms with Crippen LogP contribution >= 0.6 is 0 Å². The molecule has 264 valence electrons. The number of nitrogens with two attached hydrogens (primary N) is 1. The summed E-state index contributed by atoms with van der Waals surface area (Å²) < 4.78 is 64.1. The number of hydrogen-bond acceptors (Lipinski definition) is 8. The first-order valence-corrected chi connectivity index (χ1v) is 18.9. The Labute approximate surface area is 287 Å². The molecule has 3 saturated heterocycles. The number of ether oxygens (including phenoxy) is 1. The van der Waals surface area contributed by atoms with E-state index < -0.39 is 27.0 Å². The van der Waals surface area contributed by atoms with Crippen molar-refractivity contribution in [3.63, 3.8) is 0 Å². The van der Waals surface area contributed by atoms with E-state index in [9.17, 15) is 17.6 Å². The van der Waals surface area contributed by atoms with Crippen LogP contribution in [0.15, 0.2) is 70.7 Å². The number of nitrogens with zero attached hydrogens (tertiary/aromatic N) is 5. The monoisotopic (exact) mass is 696 g/mol. The van der Waals surface area contributed by atoms with Crippen molar-refractivity contribution in [2.75, 3.05) is 57.3 Å². The third-order valence-electron chi connectivity index (χ3n) is 11.5. The lowest BCUT2D eigenvalue weighted by molar-refractivity contribution is -0.0206. The van der Waals surface area contributed by atoms with E-state index in [1.807, 2.05) is 11.0 Å². The van der Waals surface area contributed by atoms with Crippen LogP contribution in [0.4, 0.5) is 19.3 Å². The lowest BCUT2D eigenvalue weighted by Crippen LogP contribution is -2.65. The van der Waals surface area contributed by atoms with Gasteiger partial charge in [0, 0.05) is 43.4 Å². The molecule has 4 heterocycles. The largest absolute Gasteiger partial charge is 0.446 e. The van der Waals surface area contributed by atoms with E-state index >= 15 is 4.39 Å². The van der Waals surface area contributed by atoms with Gasteiger partial charge >= 0.3 is 6.09 Å². The van der Waals surface area contributed by atoms with Crippen LogP contribution < -0.4 is 10.6 Å². The second-order valence-electron chi connectivity index (χ2n) is 14.6. The SMILES string of the molecule is Cn1cc(S(=O)(=O)c2ccc(N3CC(F)(CN4CCC(C(CN5CCC5)(c5cccc(F)c5)[C@H]5CCC[C@@H]5OC(N)=O)CC4)C3)cc2)cn1. The quantitative estimate of drug-likeness (QED) is 0.311. The van der Waals surface area contributed by atoms with Gasteiger partial charge in [0.15, 0.2) is 5.67 Å². The molecule has 3 aromatic rings. The number of aromatic nitrogens is 2. The molecule has 4 fully saturated rings. The number of aryl methyl sites for hydroxylation is 1. The van der Waals surface area contributed by atoms with Crippen LogP contribution in [0.25, 0.3) is 0 Å². The second kappa shape index (κ2) is 13.3. The van der Waals surface area contributed by atoms with E-state index in [0.29, 0.717) is 6.54 Å². The zero-order valence-corrected chi connectivity index (χ0v) is 28.8. The maximum atomic E-state index is 16.1. The summed E-state index contributed by atoms with van der Waals surface area (Å²) in [5.74, 6) is -0.0625. The average Bonchev–Trinajstić information content (AvgIpc) is 3.69. The number of rotatable bonds is 11. The summed E-state index contributed by atoms with van der Waals surface area (Å²) in [6.07, 6.45) is 7.05. The lowest BCUT2D eigenvalue weighted by Gasteiger charge is -2.54. The summed E-state index contributed by atoms with van der Waals surface area (Å²) in [5.41, 5.74) is 5.48. The van der Waals surface area contributed by atoms with Gasteiger partial charge in [-0.1, -0.05) is 12.1 Å². The molecule has 3 atom stereocenters. The highest BCUT2D eigenvalue weighted by molar-refractivity contribution is 7.91. The number of carbonyl (C=O) groups excluding carboxylic acids is 1. The molecule has 13 heteroatoms.